The molecule has 7 nitrogen and oxygen atoms in total. The highest BCUT2D eigenvalue weighted by atomic mass is 16.5. The van der Waals surface area contributed by atoms with E-state index in [4.69, 9.17) is 9.84 Å². The number of benzene rings is 1. The van der Waals surface area contributed by atoms with Crippen molar-refractivity contribution in [1.29, 1.82) is 0 Å². The third-order valence-corrected chi connectivity index (χ3v) is 3.38. The third kappa shape index (κ3) is 3.50. The number of urea groups is 1. The highest BCUT2D eigenvalue weighted by Gasteiger charge is 2.39. The van der Waals surface area contributed by atoms with Crippen molar-refractivity contribution in [2.24, 2.45) is 0 Å². The number of carboxylic acid groups (broad SMARTS) is 1. The maximum atomic E-state index is 12.2. The number of para-hydroxylation sites is 1. The summed E-state index contributed by atoms with van der Waals surface area (Å²) in [5, 5.41) is 21.3. The van der Waals surface area contributed by atoms with E-state index >= 15 is 0 Å². The van der Waals surface area contributed by atoms with Crippen LogP contribution in [-0.4, -0.2) is 52.9 Å². The number of nitrogens with zero attached hydrogens (tertiary/aromatic N) is 1. The molecule has 1 aromatic rings. The van der Waals surface area contributed by atoms with Crippen LogP contribution in [0.4, 0.5) is 10.5 Å². The number of likely N-dealkylation sites (tertiary alicyclic amines) is 1. The largest absolute Gasteiger partial charge is 0.480 e. The van der Waals surface area contributed by atoms with E-state index in [0.29, 0.717) is 12.3 Å². The second-order valence-corrected chi connectivity index (χ2v) is 4.92. The lowest BCUT2D eigenvalue weighted by Crippen LogP contribution is -2.43. The molecule has 0 radical (unpaired) electrons. The van der Waals surface area contributed by atoms with E-state index in [9.17, 15) is 14.7 Å². The van der Waals surface area contributed by atoms with E-state index < -0.39 is 24.1 Å². The zero-order valence-electron chi connectivity index (χ0n) is 11.7. The molecule has 3 N–H and O–H groups in total. The number of carboxylic acids is 1. The fourth-order valence-corrected chi connectivity index (χ4v) is 2.38. The maximum absolute atomic E-state index is 12.2. The van der Waals surface area contributed by atoms with Crippen LogP contribution in [-0.2, 0) is 16.1 Å². The topological polar surface area (TPSA) is 99.1 Å². The summed E-state index contributed by atoms with van der Waals surface area (Å²) in [6.45, 7) is 0.344. The number of methoxy groups -OCH3 is 1. The van der Waals surface area contributed by atoms with Gasteiger partial charge in [-0.15, -0.1) is 0 Å². The highest BCUT2D eigenvalue weighted by molar-refractivity contribution is 5.93. The van der Waals surface area contributed by atoms with Gasteiger partial charge in [0, 0.05) is 31.3 Å². The number of β-amino-alcohol motifs (C(OH)–C–C–N with tert-alkyl or cyclic N) is 1. The summed E-state index contributed by atoms with van der Waals surface area (Å²) in [5.41, 5.74) is 1.36. The number of hydrogen-bond acceptors (Lipinski definition) is 4. The number of ether oxygens (including phenoxy) is 1. The number of aliphatic hydroxyl groups excluding tert-OH is 1. The average molecular weight is 294 g/mol. The van der Waals surface area contributed by atoms with Crippen LogP contribution in [0.2, 0.25) is 0 Å². The molecule has 0 bridgehead atoms. The first kappa shape index (κ1) is 15.3. The Morgan fingerprint density at radius 3 is 2.81 bits per heavy atom. The van der Waals surface area contributed by atoms with E-state index in [0.717, 1.165) is 10.5 Å². The molecule has 21 heavy (non-hydrogen) atoms. The molecule has 1 saturated heterocycles. The minimum atomic E-state index is -1.12. The van der Waals surface area contributed by atoms with Crippen molar-refractivity contribution in [3.63, 3.8) is 0 Å². The molecule has 1 heterocycles. The van der Waals surface area contributed by atoms with Gasteiger partial charge in [0.2, 0.25) is 0 Å². The molecule has 0 aliphatic carbocycles. The highest BCUT2D eigenvalue weighted by Crippen LogP contribution is 2.21. The van der Waals surface area contributed by atoms with Crippen LogP contribution < -0.4 is 5.32 Å². The summed E-state index contributed by atoms with van der Waals surface area (Å²) in [6, 6.07) is 5.57. The zero-order chi connectivity index (χ0) is 15.4. The minimum absolute atomic E-state index is 0.00917. The number of nitrogens with one attached hydrogen (secondary N) is 1. The Hall–Kier alpha value is -2.12. The Morgan fingerprint density at radius 1 is 1.43 bits per heavy atom. The quantitative estimate of drug-likeness (QED) is 0.765. The summed E-state index contributed by atoms with van der Waals surface area (Å²) in [5.74, 6) is -1.12. The predicted molar refractivity (Wildman–Crippen MR) is 74.9 cm³/mol. The molecular weight excluding hydrogens is 276 g/mol. The van der Waals surface area contributed by atoms with Crippen LogP contribution in [0.5, 0.6) is 0 Å². The van der Waals surface area contributed by atoms with E-state index in [2.05, 4.69) is 5.32 Å². The molecule has 0 aromatic heterocycles. The zero-order valence-corrected chi connectivity index (χ0v) is 11.7. The van der Waals surface area contributed by atoms with Crippen LogP contribution in [0.3, 0.4) is 0 Å². The lowest BCUT2D eigenvalue weighted by molar-refractivity contribution is -0.141. The van der Waals surface area contributed by atoms with Gasteiger partial charge in [-0.2, -0.15) is 0 Å². The van der Waals surface area contributed by atoms with Crippen LogP contribution in [0.25, 0.3) is 0 Å². The van der Waals surface area contributed by atoms with Crippen LogP contribution in [0.15, 0.2) is 24.3 Å². The van der Waals surface area contributed by atoms with E-state index in [1.54, 1.807) is 19.2 Å². The molecule has 2 rings (SSSR count). The van der Waals surface area contributed by atoms with Crippen LogP contribution in [0.1, 0.15) is 12.0 Å². The molecule has 2 amide bonds. The number of carbonyl (C=O) groups is 2. The van der Waals surface area contributed by atoms with E-state index in [-0.39, 0.29) is 13.0 Å². The summed E-state index contributed by atoms with van der Waals surface area (Å²) >= 11 is 0. The van der Waals surface area contributed by atoms with Crippen LogP contribution in [0, 0.1) is 0 Å². The smallest absolute Gasteiger partial charge is 0.326 e. The number of anilines is 1. The van der Waals surface area contributed by atoms with Gasteiger partial charge in [0.1, 0.15) is 6.04 Å². The van der Waals surface area contributed by atoms with Gasteiger partial charge in [0.25, 0.3) is 0 Å². The van der Waals surface area contributed by atoms with Gasteiger partial charge in [-0.3, -0.25) is 0 Å². The number of amides is 2. The van der Waals surface area contributed by atoms with Gasteiger partial charge in [0.15, 0.2) is 0 Å². The van der Waals surface area contributed by atoms with Crippen molar-refractivity contribution in [2.75, 3.05) is 19.0 Å². The van der Waals surface area contributed by atoms with Crippen LogP contribution >= 0.6 is 0 Å². The molecule has 7 heteroatoms. The standard InChI is InChI=1S/C14H18N2O5/c1-21-8-9-4-2-3-5-11(9)15-14(20)16-7-10(17)6-12(16)13(18)19/h2-5,10,12,17H,6-8H2,1H3,(H,15,20)(H,18,19)/t10?,12-/m0/s1. The summed E-state index contributed by atoms with van der Waals surface area (Å²) < 4.78 is 5.05. The summed E-state index contributed by atoms with van der Waals surface area (Å²) in [4.78, 5) is 24.5. The Morgan fingerprint density at radius 2 is 2.14 bits per heavy atom. The predicted octanol–water partition coefficient (Wildman–Crippen LogP) is 0.885. The van der Waals surface area contributed by atoms with Crippen molar-refractivity contribution >= 4 is 17.7 Å². The van der Waals surface area contributed by atoms with Gasteiger partial charge in [-0.05, 0) is 6.07 Å². The monoisotopic (exact) mass is 294 g/mol. The fraction of sp³-hybridized carbons (Fsp3) is 0.429. The Balaban J connectivity index is 2.12. The van der Waals surface area contributed by atoms with Gasteiger partial charge < -0.3 is 25.2 Å². The first-order valence-electron chi connectivity index (χ1n) is 6.58. The molecule has 1 fully saturated rings. The normalized spacial score (nSPS) is 21.3. The van der Waals surface area contributed by atoms with Gasteiger partial charge in [-0.1, -0.05) is 18.2 Å². The molecule has 2 atom stereocenters. The second-order valence-electron chi connectivity index (χ2n) is 4.92. The summed E-state index contributed by atoms with van der Waals surface area (Å²) in [6.07, 6.45) is -0.770. The molecule has 114 valence electrons. The van der Waals surface area contributed by atoms with Crippen molar-refractivity contribution in [3.05, 3.63) is 29.8 Å². The summed E-state index contributed by atoms with van der Waals surface area (Å²) in [7, 11) is 1.55. The first-order valence-corrected chi connectivity index (χ1v) is 6.58. The third-order valence-electron chi connectivity index (χ3n) is 3.38. The number of aliphatic carboxylic acids is 1. The Kier molecular flexibility index (Phi) is 4.77. The SMILES string of the molecule is COCc1ccccc1NC(=O)N1CC(O)C[C@H]1C(=O)O. The van der Waals surface area contributed by atoms with Crippen molar-refractivity contribution in [1.82, 2.24) is 4.90 Å². The Labute approximate surface area is 122 Å². The number of rotatable bonds is 4. The maximum Gasteiger partial charge on any atom is 0.326 e. The van der Waals surface area contributed by atoms with E-state index in [1.807, 2.05) is 12.1 Å². The van der Waals surface area contributed by atoms with Gasteiger partial charge in [-0.25, -0.2) is 9.59 Å². The van der Waals surface area contributed by atoms with Gasteiger partial charge >= 0.3 is 12.0 Å². The lowest BCUT2D eigenvalue weighted by atomic mass is 10.2. The minimum Gasteiger partial charge on any atom is -0.480 e. The number of carbonyl (C=O) groups excluding carboxylic acids is 1. The molecule has 1 aromatic carbocycles. The molecule has 0 spiro atoms. The Bertz CT molecular complexity index is 534. The van der Waals surface area contributed by atoms with Gasteiger partial charge in [0.05, 0.1) is 12.7 Å². The molecular formula is C14H18N2O5. The van der Waals surface area contributed by atoms with E-state index in [1.165, 1.54) is 0 Å². The fourth-order valence-electron chi connectivity index (χ4n) is 2.38. The molecule has 1 aliphatic rings. The lowest BCUT2D eigenvalue weighted by Gasteiger charge is -2.22. The van der Waals surface area contributed by atoms with Crippen molar-refractivity contribution in [2.45, 2.75) is 25.2 Å². The second kappa shape index (κ2) is 6.55. The molecule has 1 unspecified atom stereocenters. The molecule has 0 saturated carbocycles. The van der Waals surface area contributed by atoms with Crippen molar-refractivity contribution in [3.8, 4) is 0 Å². The average Bonchev–Trinajstić information content (AvgIpc) is 2.84. The number of hydrogen-bond donors (Lipinski definition) is 3. The molecule has 1 aliphatic heterocycles. The number of aliphatic hydroxyl groups is 1. The first-order chi connectivity index (χ1) is 10.0. The van der Waals surface area contributed by atoms with Crippen molar-refractivity contribution < 1.29 is 24.5 Å².